The van der Waals surface area contributed by atoms with Gasteiger partial charge in [-0.25, -0.2) is 5.43 Å². The van der Waals surface area contributed by atoms with Crippen molar-refractivity contribution in [2.45, 2.75) is 19.5 Å². The lowest BCUT2D eigenvalue weighted by atomic mass is 10.0. The second kappa shape index (κ2) is 5.40. The summed E-state index contributed by atoms with van der Waals surface area (Å²) in [6.07, 6.45) is 3.60. The third-order valence-electron chi connectivity index (χ3n) is 3.49. The molecule has 1 aromatic carbocycles. The van der Waals surface area contributed by atoms with Crippen LogP contribution in [0.1, 0.15) is 24.4 Å². The third kappa shape index (κ3) is 2.07. The van der Waals surface area contributed by atoms with Crippen molar-refractivity contribution in [3.8, 4) is 0 Å². The van der Waals surface area contributed by atoms with Crippen LogP contribution in [0.3, 0.4) is 0 Å². The maximum absolute atomic E-state index is 5.78. The predicted octanol–water partition coefficient (Wildman–Crippen LogP) is 2.00. The lowest BCUT2D eigenvalue weighted by molar-refractivity contribution is 0.538. The van der Waals surface area contributed by atoms with Gasteiger partial charge in [0.1, 0.15) is 6.04 Å². The Balaban J connectivity index is 2.17. The van der Waals surface area contributed by atoms with Gasteiger partial charge in [0.05, 0.1) is 11.4 Å². The quantitative estimate of drug-likeness (QED) is 0.560. The SMILES string of the molecule is CCn1nccc1C(NN)c1nccc2ccccc12. The lowest BCUT2D eigenvalue weighted by Crippen LogP contribution is -2.31. The summed E-state index contributed by atoms with van der Waals surface area (Å²) < 4.78 is 1.92. The molecule has 5 heteroatoms. The van der Waals surface area contributed by atoms with E-state index < -0.39 is 0 Å². The molecule has 3 N–H and O–H groups in total. The Morgan fingerprint density at radius 3 is 2.85 bits per heavy atom. The molecule has 3 rings (SSSR count). The van der Waals surface area contributed by atoms with Crippen molar-refractivity contribution < 1.29 is 0 Å². The van der Waals surface area contributed by atoms with E-state index in [1.54, 1.807) is 6.20 Å². The van der Waals surface area contributed by atoms with Crippen LogP contribution in [0.2, 0.25) is 0 Å². The van der Waals surface area contributed by atoms with Crippen molar-refractivity contribution >= 4 is 10.8 Å². The first kappa shape index (κ1) is 12.8. The molecule has 0 fully saturated rings. The van der Waals surface area contributed by atoms with E-state index in [4.69, 9.17) is 5.84 Å². The summed E-state index contributed by atoms with van der Waals surface area (Å²) in [6, 6.07) is 12.0. The van der Waals surface area contributed by atoms with Crippen LogP contribution in [-0.4, -0.2) is 14.8 Å². The Morgan fingerprint density at radius 1 is 1.20 bits per heavy atom. The van der Waals surface area contributed by atoms with E-state index in [-0.39, 0.29) is 6.04 Å². The van der Waals surface area contributed by atoms with Crippen LogP contribution in [0.25, 0.3) is 10.8 Å². The van der Waals surface area contributed by atoms with Crippen LogP contribution < -0.4 is 11.3 Å². The first-order valence-corrected chi connectivity index (χ1v) is 6.66. The van der Waals surface area contributed by atoms with Crippen LogP contribution in [0.15, 0.2) is 48.8 Å². The molecule has 102 valence electrons. The van der Waals surface area contributed by atoms with Crippen molar-refractivity contribution in [1.29, 1.82) is 0 Å². The van der Waals surface area contributed by atoms with Crippen molar-refractivity contribution in [3.05, 3.63) is 60.2 Å². The number of fused-ring (bicyclic) bond motifs is 1. The van der Waals surface area contributed by atoms with E-state index in [1.807, 2.05) is 35.1 Å². The largest absolute Gasteiger partial charge is 0.270 e. The molecule has 0 radical (unpaired) electrons. The Kier molecular flexibility index (Phi) is 3.45. The molecule has 2 heterocycles. The fourth-order valence-electron chi connectivity index (χ4n) is 2.53. The van der Waals surface area contributed by atoms with Gasteiger partial charge in [-0.05, 0) is 24.4 Å². The van der Waals surface area contributed by atoms with E-state index in [9.17, 15) is 0 Å². The van der Waals surface area contributed by atoms with Gasteiger partial charge in [0.15, 0.2) is 0 Å². The van der Waals surface area contributed by atoms with E-state index in [2.05, 4.69) is 34.6 Å². The number of aromatic nitrogens is 3. The number of rotatable bonds is 4. The van der Waals surface area contributed by atoms with Crippen LogP contribution in [-0.2, 0) is 6.54 Å². The number of pyridine rings is 1. The van der Waals surface area contributed by atoms with Gasteiger partial charge >= 0.3 is 0 Å². The summed E-state index contributed by atoms with van der Waals surface area (Å²) >= 11 is 0. The van der Waals surface area contributed by atoms with Gasteiger partial charge in [-0.15, -0.1) is 0 Å². The number of aryl methyl sites for hydroxylation is 1. The summed E-state index contributed by atoms with van der Waals surface area (Å²) in [5, 5.41) is 6.55. The monoisotopic (exact) mass is 267 g/mol. The van der Waals surface area contributed by atoms with Crippen molar-refractivity contribution in [3.63, 3.8) is 0 Å². The zero-order valence-corrected chi connectivity index (χ0v) is 11.3. The van der Waals surface area contributed by atoms with Crippen LogP contribution in [0.4, 0.5) is 0 Å². The molecular weight excluding hydrogens is 250 g/mol. The van der Waals surface area contributed by atoms with Crippen molar-refractivity contribution in [1.82, 2.24) is 20.2 Å². The third-order valence-corrected chi connectivity index (χ3v) is 3.49. The normalized spacial score (nSPS) is 12.7. The lowest BCUT2D eigenvalue weighted by Gasteiger charge is -2.18. The van der Waals surface area contributed by atoms with Crippen molar-refractivity contribution in [2.75, 3.05) is 0 Å². The first-order valence-electron chi connectivity index (χ1n) is 6.66. The number of hydrogen-bond acceptors (Lipinski definition) is 4. The van der Waals surface area contributed by atoms with E-state index in [0.717, 1.165) is 28.7 Å². The highest BCUT2D eigenvalue weighted by atomic mass is 15.3. The zero-order valence-electron chi connectivity index (χ0n) is 11.3. The number of benzene rings is 1. The van der Waals surface area contributed by atoms with Gasteiger partial charge in [0, 0.05) is 24.3 Å². The molecule has 0 aliphatic heterocycles. The molecule has 0 saturated heterocycles. The number of hydrogen-bond donors (Lipinski definition) is 2. The number of nitrogens with one attached hydrogen (secondary N) is 1. The standard InChI is InChI=1S/C15H17N5/c1-2-20-13(8-10-18-20)15(19-16)14-12-6-4-3-5-11(12)7-9-17-14/h3-10,15,19H,2,16H2,1H3. The van der Waals surface area contributed by atoms with Gasteiger partial charge in [0.2, 0.25) is 0 Å². The topological polar surface area (TPSA) is 68.8 Å². The molecule has 0 bridgehead atoms. The predicted molar refractivity (Wildman–Crippen MR) is 78.8 cm³/mol. The van der Waals surface area contributed by atoms with Crippen LogP contribution >= 0.6 is 0 Å². The van der Waals surface area contributed by atoms with Gasteiger partial charge in [0.25, 0.3) is 0 Å². The molecule has 20 heavy (non-hydrogen) atoms. The van der Waals surface area contributed by atoms with Crippen molar-refractivity contribution in [2.24, 2.45) is 5.84 Å². The second-order valence-corrected chi connectivity index (χ2v) is 4.59. The molecule has 3 aromatic rings. The molecule has 0 saturated carbocycles. The molecule has 0 amide bonds. The molecule has 0 aliphatic carbocycles. The molecular formula is C15H17N5. The zero-order chi connectivity index (χ0) is 13.9. The highest BCUT2D eigenvalue weighted by Gasteiger charge is 2.19. The summed E-state index contributed by atoms with van der Waals surface area (Å²) in [5.74, 6) is 5.78. The van der Waals surface area contributed by atoms with Gasteiger partial charge in [-0.1, -0.05) is 24.3 Å². The second-order valence-electron chi connectivity index (χ2n) is 4.59. The van der Waals surface area contributed by atoms with E-state index in [1.165, 1.54) is 0 Å². The molecule has 2 aromatic heterocycles. The summed E-state index contributed by atoms with van der Waals surface area (Å²) in [6.45, 7) is 2.85. The fraction of sp³-hybridized carbons (Fsp3) is 0.200. The minimum Gasteiger partial charge on any atom is -0.270 e. The van der Waals surface area contributed by atoms with E-state index in [0.29, 0.717) is 0 Å². The minimum absolute atomic E-state index is 0.177. The Morgan fingerprint density at radius 2 is 2.05 bits per heavy atom. The van der Waals surface area contributed by atoms with Gasteiger partial charge in [-0.2, -0.15) is 5.10 Å². The summed E-state index contributed by atoms with van der Waals surface area (Å²) in [5.41, 5.74) is 4.79. The molecule has 0 spiro atoms. The fourth-order valence-corrected chi connectivity index (χ4v) is 2.53. The number of nitrogens with two attached hydrogens (primary N) is 1. The number of nitrogens with zero attached hydrogens (tertiary/aromatic N) is 3. The van der Waals surface area contributed by atoms with Crippen LogP contribution in [0.5, 0.6) is 0 Å². The molecule has 0 aliphatic rings. The van der Waals surface area contributed by atoms with E-state index >= 15 is 0 Å². The van der Waals surface area contributed by atoms with Gasteiger partial charge in [-0.3, -0.25) is 15.5 Å². The number of hydrazine groups is 1. The summed E-state index contributed by atoms with van der Waals surface area (Å²) in [4.78, 5) is 4.53. The highest BCUT2D eigenvalue weighted by Crippen LogP contribution is 2.26. The summed E-state index contributed by atoms with van der Waals surface area (Å²) in [7, 11) is 0. The molecule has 5 nitrogen and oxygen atoms in total. The Bertz CT molecular complexity index is 714. The van der Waals surface area contributed by atoms with Gasteiger partial charge < -0.3 is 0 Å². The molecule has 1 unspecified atom stereocenters. The maximum atomic E-state index is 5.78. The molecule has 1 atom stereocenters. The highest BCUT2D eigenvalue weighted by molar-refractivity contribution is 5.84. The van der Waals surface area contributed by atoms with Crippen LogP contribution in [0, 0.1) is 0 Å². The smallest absolute Gasteiger partial charge is 0.105 e. The Labute approximate surface area is 117 Å². The maximum Gasteiger partial charge on any atom is 0.105 e. The minimum atomic E-state index is -0.177. The average molecular weight is 267 g/mol. The average Bonchev–Trinajstić information content (AvgIpc) is 2.97. The Hall–Kier alpha value is -2.24. The first-order chi connectivity index (χ1) is 9.85.